The molecule has 24 heavy (non-hydrogen) atoms. The summed E-state index contributed by atoms with van der Waals surface area (Å²) in [5.74, 6) is 0.762. The summed E-state index contributed by atoms with van der Waals surface area (Å²) in [4.78, 5) is 15.4. The van der Waals surface area contributed by atoms with Gasteiger partial charge in [0.2, 0.25) is 0 Å². The van der Waals surface area contributed by atoms with E-state index in [1.807, 2.05) is 6.07 Å². The normalized spacial score (nSPS) is 13.5. The Balaban J connectivity index is 2.19. The number of fused-ring (bicyclic) bond motifs is 1. The van der Waals surface area contributed by atoms with Crippen LogP contribution >= 0.6 is 12.2 Å². The predicted molar refractivity (Wildman–Crippen MR) is 96.7 cm³/mol. The van der Waals surface area contributed by atoms with Gasteiger partial charge in [-0.2, -0.15) is 0 Å². The van der Waals surface area contributed by atoms with Crippen molar-refractivity contribution in [3.05, 3.63) is 50.3 Å². The summed E-state index contributed by atoms with van der Waals surface area (Å²) in [7, 11) is 0. The van der Waals surface area contributed by atoms with Gasteiger partial charge in [-0.15, -0.1) is 0 Å². The minimum atomic E-state index is -0.368. The number of rotatable bonds is 5. The number of nitro groups is 1. The van der Waals surface area contributed by atoms with Crippen molar-refractivity contribution < 1.29 is 4.92 Å². The highest BCUT2D eigenvalue weighted by Crippen LogP contribution is 2.29. The van der Waals surface area contributed by atoms with E-state index in [-0.39, 0.29) is 10.6 Å². The molecule has 1 heterocycles. The molecule has 1 aliphatic rings. The van der Waals surface area contributed by atoms with Crippen LogP contribution in [0, 0.1) is 14.8 Å². The Morgan fingerprint density at radius 3 is 2.88 bits per heavy atom. The van der Waals surface area contributed by atoms with Gasteiger partial charge in [0, 0.05) is 35.5 Å². The quantitative estimate of drug-likeness (QED) is 0.441. The molecule has 0 saturated heterocycles. The van der Waals surface area contributed by atoms with Gasteiger partial charge in [0.05, 0.1) is 4.92 Å². The van der Waals surface area contributed by atoms with Crippen LogP contribution in [0.4, 0.5) is 5.69 Å². The molecule has 1 aromatic carbocycles. The molecule has 0 radical (unpaired) electrons. The Bertz CT molecular complexity index is 829. The second kappa shape index (κ2) is 7.21. The molecule has 0 fully saturated rings. The Morgan fingerprint density at radius 2 is 2.12 bits per heavy atom. The summed E-state index contributed by atoms with van der Waals surface area (Å²) in [6.45, 7) is 3.04. The molecule has 0 saturated carbocycles. The van der Waals surface area contributed by atoms with Gasteiger partial charge in [-0.05, 0) is 32.1 Å². The third-order valence-electron chi connectivity index (χ3n) is 4.54. The standard InChI is InChI=1S/C18H21N3O2S/c1-2-3-11-20-16-10-5-4-9-15(16)18(24)19-17(20)13-7-6-8-14(12-13)21(22)23/h6-8,12H,2-5,9-11H2,1H3. The lowest BCUT2D eigenvalue weighted by atomic mass is 9.96. The van der Waals surface area contributed by atoms with Crippen molar-refractivity contribution in [3.8, 4) is 11.4 Å². The molecule has 0 atom stereocenters. The largest absolute Gasteiger partial charge is 0.329 e. The van der Waals surface area contributed by atoms with Crippen LogP contribution in [0.5, 0.6) is 0 Å². The van der Waals surface area contributed by atoms with E-state index in [1.165, 1.54) is 17.3 Å². The number of nitro benzene ring substituents is 1. The Hall–Kier alpha value is -2.08. The third-order valence-corrected chi connectivity index (χ3v) is 4.87. The first-order valence-corrected chi connectivity index (χ1v) is 8.90. The number of hydrogen-bond donors (Lipinski definition) is 0. The molecule has 0 spiro atoms. The molecule has 2 aromatic rings. The smallest absolute Gasteiger partial charge is 0.270 e. The van der Waals surface area contributed by atoms with Gasteiger partial charge in [-0.1, -0.05) is 37.7 Å². The molecule has 5 nitrogen and oxygen atoms in total. The third kappa shape index (κ3) is 3.24. The van der Waals surface area contributed by atoms with Gasteiger partial charge in [0.1, 0.15) is 10.5 Å². The number of hydrogen-bond acceptors (Lipinski definition) is 4. The average Bonchev–Trinajstić information content (AvgIpc) is 2.61. The molecular weight excluding hydrogens is 322 g/mol. The maximum absolute atomic E-state index is 11.1. The molecule has 1 aliphatic carbocycles. The van der Waals surface area contributed by atoms with Crippen molar-refractivity contribution in [1.29, 1.82) is 0 Å². The van der Waals surface area contributed by atoms with Gasteiger partial charge >= 0.3 is 0 Å². The molecule has 3 rings (SSSR count). The Morgan fingerprint density at radius 1 is 1.33 bits per heavy atom. The summed E-state index contributed by atoms with van der Waals surface area (Å²) < 4.78 is 2.89. The first-order chi connectivity index (χ1) is 11.6. The SMILES string of the molecule is CCCCn1c(-c2cccc([N+](=O)[O-])c2)nc(=S)c2c1CCCC2. The zero-order valence-corrected chi connectivity index (χ0v) is 14.6. The van der Waals surface area contributed by atoms with Crippen LogP contribution in [-0.4, -0.2) is 14.5 Å². The molecule has 0 N–H and O–H groups in total. The van der Waals surface area contributed by atoms with E-state index in [9.17, 15) is 10.1 Å². The number of benzene rings is 1. The van der Waals surface area contributed by atoms with E-state index < -0.39 is 0 Å². The molecule has 0 amide bonds. The highest BCUT2D eigenvalue weighted by atomic mass is 32.1. The summed E-state index contributed by atoms with van der Waals surface area (Å²) >= 11 is 5.52. The zero-order valence-electron chi connectivity index (χ0n) is 13.8. The first-order valence-electron chi connectivity index (χ1n) is 8.49. The van der Waals surface area contributed by atoms with Crippen LogP contribution in [-0.2, 0) is 19.4 Å². The average molecular weight is 343 g/mol. The fourth-order valence-corrected chi connectivity index (χ4v) is 3.61. The lowest BCUT2D eigenvalue weighted by Gasteiger charge is -2.24. The van der Waals surface area contributed by atoms with Gasteiger partial charge in [0.25, 0.3) is 5.69 Å². The van der Waals surface area contributed by atoms with Crippen LogP contribution < -0.4 is 0 Å². The molecule has 6 heteroatoms. The lowest BCUT2D eigenvalue weighted by Crippen LogP contribution is -2.18. The van der Waals surface area contributed by atoms with Crippen molar-refractivity contribution in [2.24, 2.45) is 0 Å². The predicted octanol–water partition coefficient (Wildman–Crippen LogP) is 4.87. The van der Waals surface area contributed by atoms with Crippen LogP contribution in [0.25, 0.3) is 11.4 Å². The van der Waals surface area contributed by atoms with Crippen LogP contribution in [0.15, 0.2) is 24.3 Å². The van der Waals surface area contributed by atoms with Crippen LogP contribution in [0.2, 0.25) is 0 Å². The monoisotopic (exact) mass is 343 g/mol. The maximum Gasteiger partial charge on any atom is 0.270 e. The minimum absolute atomic E-state index is 0.0833. The van der Waals surface area contributed by atoms with E-state index in [2.05, 4.69) is 16.5 Å². The molecule has 0 aliphatic heterocycles. The van der Waals surface area contributed by atoms with E-state index >= 15 is 0 Å². The minimum Gasteiger partial charge on any atom is -0.329 e. The molecule has 0 unspecified atom stereocenters. The van der Waals surface area contributed by atoms with Gasteiger partial charge < -0.3 is 4.57 Å². The highest BCUT2D eigenvalue weighted by Gasteiger charge is 2.20. The van der Waals surface area contributed by atoms with E-state index in [0.717, 1.165) is 56.5 Å². The number of aromatic nitrogens is 2. The van der Waals surface area contributed by atoms with Crippen molar-refractivity contribution in [1.82, 2.24) is 9.55 Å². The van der Waals surface area contributed by atoms with E-state index in [4.69, 9.17) is 12.2 Å². The van der Waals surface area contributed by atoms with Crippen molar-refractivity contribution in [2.75, 3.05) is 0 Å². The van der Waals surface area contributed by atoms with Crippen molar-refractivity contribution in [2.45, 2.75) is 52.0 Å². The summed E-state index contributed by atoms with van der Waals surface area (Å²) in [6.07, 6.45) is 6.45. The Labute approximate surface area is 146 Å². The fourth-order valence-electron chi connectivity index (χ4n) is 3.31. The van der Waals surface area contributed by atoms with Crippen molar-refractivity contribution >= 4 is 17.9 Å². The molecular formula is C18H21N3O2S. The van der Waals surface area contributed by atoms with Crippen molar-refractivity contribution in [3.63, 3.8) is 0 Å². The zero-order chi connectivity index (χ0) is 17.1. The summed E-state index contributed by atoms with van der Waals surface area (Å²) in [5.41, 5.74) is 3.32. The van der Waals surface area contributed by atoms with Gasteiger partial charge in [0.15, 0.2) is 0 Å². The van der Waals surface area contributed by atoms with Gasteiger partial charge in [-0.25, -0.2) is 4.98 Å². The van der Waals surface area contributed by atoms with Crippen LogP contribution in [0.1, 0.15) is 43.9 Å². The second-order valence-electron chi connectivity index (χ2n) is 6.19. The number of unbranched alkanes of at least 4 members (excludes halogenated alkanes) is 1. The van der Waals surface area contributed by atoms with E-state index in [1.54, 1.807) is 12.1 Å². The maximum atomic E-state index is 11.1. The summed E-state index contributed by atoms with van der Waals surface area (Å²) in [6, 6.07) is 6.69. The number of non-ortho nitro benzene ring substituents is 1. The fraction of sp³-hybridized carbons (Fsp3) is 0.444. The van der Waals surface area contributed by atoms with E-state index in [0.29, 0.717) is 4.64 Å². The topological polar surface area (TPSA) is 61.0 Å². The highest BCUT2D eigenvalue weighted by molar-refractivity contribution is 7.71. The summed E-state index contributed by atoms with van der Waals surface area (Å²) in [5, 5.41) is 11.1. The molecule has 126 valence electrons. The van der Waals surface area contributed by atoms with Crippen LogP contribution in [0.3, 0.4) is 0 Å². The lowest BCUT2D eigenvalue weighted by molar-refractivity contribution is -0.384. The second-order valence-corrected chi connectivity index (χ2v) is 6.57. The first kappa shape index (κ1) is 16.8. The molecule has 1 aromatic heterocycles. The van der Waals surface area contributed by atoms with Gasteiger partial charge in [-0.3, -0.25) is 10.1 Å². The molecule has 0 bridgehead atoms. The number of nitrogens with zero attached hydrogens (tertiary/aromatic N) is 3. The Kier molecular flexibility index (Phi) is 5.04.